The molecule has 2 amide bonds. The lowest BCUT2D eigenvalue weighted by molar-refractivity contribution is -0.151. The van der Waals surface area contributed by atoms with E-state index in [1.54, 1.807) is 21.9 Å². The summed E-state index contributed by atoms with van der Waals surface area (Å²) in [6, 6.07) is 2.76. The first kappa shape index (κ1) is 17.5. The maximum absolute atomic E-state index is 12.9. The normalized spacial score (nSPS) is 23.6. The summed E-state index contributed by atoms with van der Waals surface area (Å²) >= 11 is 0. The Morgan fingerprint density at radius 3 is 2.88 bits per heavy atom. The second kappa shape index (κ2) is 7.69. The highest BCUT2D eigenvalue weighted by Gasteiger charge is 2.39. The van der Waals surface area contributed by atoms with Gasteiger partial charge in [0, 0.05) is 19.6 Å². The van der Waals surface area contributed by atoms with Crippen LogP contribution in [-0.4, -0.2) is 73.1 Å². The number of hydrogen-bond donors (Lipinski definition) is 0. The zero-order valence-electron chi connectivity index (χ0n) is 14.2. The third kappa shape index (κ3) is 3.84. The zero-order chi connectivity index (χ0) is 17.8. The number of furan rings is 1. The van der Waals surface area contributed by atoms with Crippen molar-refractivity contribution in [3.05, 3.63) is 24.2 Å². The van der Waals surface area contributed by atoms with Crippen molar-refractivity contribution < 1.29 is 28.3 Å². The highest BCUT2D eigenvalue weighted by atomic mass is 16.5. The lowest BCUT2D eigenvalue weighted by atomic mass is 10.1. The summed E-state index contributed by atoms with van der Waals surface area (Å²) in [5.74, 6) is -0.490. The van der Waals surface area contributed by atoms with Crippen LogP contribution in [0.25, 0.3) is 0 Å². The molecule has 0 radical (unpaired) electrons. The molecular weight excluding hydrogens is 328 g/mol. The summed E-state index contributed by atoms with van der Waals surface area (Å²) < 4.78 is 15.4. The summed E-state index contributed by atoms with van der Waals surface area (Å²) in [6.45, 7) is 1.68. The molecule has 1 aromatic heterocycles. The van der Waals surface area contributed by atoms with E-state index in [-0.39, 0.29) is 36.1 Å². The molecule has 0 spiro atoms. The van der Waals surface area contributed by atoms with Crippen LogP contribution in [0.5, 0.6) is 0 Å². The topological polar surface area (TPSA) is 89.3 Å². The van der Waals surface area contributed by atoms with E-state index in [2.05, 4.69) is 4.74 Å². The van der Waals surface area contributed by atoms with E-state index in [1.807, 2.05) is 0 Å². The van der Waals surface area contributed by atoms with Crippen molar-refractivity contribution in [2.75, 3.05) is 33.4 Å². The van der Waals surface area contributed by atoms with Gasteiger partial charge in [0.2, 0.25) is 5.91 Å². The number of morpholine rings is 1. The average molecular weight is 350 g/mol. The fourth-order valence-electron chi connectivity index (χ4n) is 3.33. The van der Waals surface area contributed by atoms with E-state index >= 15 is 0 Å². The summed E-state index contributed by atoms with van der Waals surface area (Å²) in [7, 11) is 1.32. The van der Waals surface area contributed by atoms with Gasteiger partial charge in [0.15, 0.2) is 5.76 Å². The van der Waals surface area contributed by atoms with Crippen molar-refractivity contribution in [1.82, 2.24) is 9.80 Å². The van der Waals surface area contributed by atoms with E-state index in [0.29, 0.717) is 32.7 Å². The van der Waals surface area contributed by atoms with Gasteiger partial charge in [-0.1, -0.05) is 0 Å². The second-order valence-corrected chi connectivity index (χ2v) is 6.19. The second-order valence-electron chi connectivity index (χ2n) is 6.19. The Kier molecular flexibility index (Phi) is 5.37. The van der Waals surface area contributed by atoms with Crippen molar-refractivity contribution in [2.24, 2.45) is 0 Å². The monoisotopic (exact) mass is 350 g/mol. The smallest absolute Gasteiger partial charge is 0.308 e. The molecule has 8 nitrogen and oxygen atoms in total. The van der Waals surface area contributed by atoms with Gasteiger partial charge < -0.3 is 23.7 Å². The van der Waals surface area contributed by atoms with Gasteiger partial charge >= 0.3 is 5.97 Å². The fourth-order valence-corrected chi connectivity index (χ4v) is 3.33. The number of esters is 1. The molecule has 1 aromatic rings. The number of nitrogens with zero attached hydrogens (tertiary/aromatic N) is 2. The largest absolute Gasteiger partial charge is 0.469 e. The van der Waals surface area contributed by atoms with Gasteiger partial charge in [0.1, 0.15) is 6.04 Å². The molecule has 3 rings (SSSR count). The molecule has 2 saturated heterocycles. The number of methoxy groups -OCH3 is 1. The average Bonchev–Trinajstić information content (AvgIpc) is 3.32. The van der Waals surface area contributed by atoms with Gasteiger partial charge in [-0.25, -0.2) is 0 Å². The van der Waals surface area contributed by atoms with Crippen LogP contribution in [0.15, 0.2) is 22.8 Å². The van der Waals surface area contributed by atoms with Crippen LogP contribution >= 0.6 is 0 Å². The number of hydrogen-bond acceptors (Lipinski definition) is 6. The Balaban J connectivity index is 1.65. The van der Waals surface area contributed by atoms with Crippen molar-refractivity contribution >= 4 is 17.8 Å². The number of amides is 2. The molecule has 0 aliphatic carbocycles. The maximum atomic E-state index is 12.9. The van der Waals surface area contributed by atoms with Gasteiger partial charge in [0.05, 0.1) is 32.5 Å². The molecule has 0 saturated carbocycles. The Morgan fingerprint density at radius 2 is 2.16 bits per heavy atom. The Morgan fingerprint density at radius 1 is 1.32 bits per heavy atom. The van der Waals surface area contributed by atoms with Gasteiger partial charge in [-0.2, -0.15) is 0 Å². The van der Waals surface area contributed by atoms with Crippen molar-refractivity contribution in [3.63, 3.8) is 0 Å². The van der Waals surface area contributed by atoms with Crippen LogP contribution in [0.2, 0.25) is 0 Å². The molecule has 2 aliphatic rings. The van der Waals surface area contributed by atoms with E-state index in [4.69, 9.17) is 9.15 Å². The van der Waals surface area contributed by atoms with E-state index < -0.39 is 6.04 Å². The number of carbonyl (C=O) groups excluding carboxylic acids is 3. The molecule has 3 heterocycles. The minimum absolute atomic E-state index is 0.101. The lowest BCUT2D eigenvalue weighted by Gasteiger charge is -2.35. The Hall–Kier alpha value is -2.35. The van der Waals surface area contributed by atoms with Gasteiger partial charge in [0.25, 0.3) is 5.91 Å². The van der Waals surface area contributed by atoms with E-state index in [1.165, 1.54) is 13.4 Å². The zero-order valence-corrected chi connectivity index (χ0v) is 14.2. The quantitative estimate of drug-likeness (QED) is 0.742. The Labute approximate surface area is 145 Å². The van der Waals surface area contributed by atoms with Crippen LogP contribution in [0, 0.1) is 0 Å². The molecule has 0 aromatic carbocycles. The predicted molar refractivity (Wildman–Crippen MR) is 85.7 cm³/mol. The number of rotatable bonds is 4. The van der Waals surface area contributed by atoms with Crippen LogP contribution in [0.4, 0.5) is 0 Å². The molecule has 2 aliphatic heterocycles. The third-order valence-electron chi connectivity index (χ3n) is 4.60. The fraction of sp³-hybridized carbons (Fsp3) is 0.588. The minimum atomic E-state index is -0.491. The van der Waals surface area contributed by atoms with E-state index in [9.17, 15) is 14.4 Å². The molecule has 0 bridgehead atoms. The third-order valence-corrected chi connectivity index (χ3v) is 4.60. The summed E-state index contributed by atoms with van der Waals surface area (Å²) in [5, 5.41) is 0. The van der Waals surface area contributed by atoms with Crippen LogP contribution < -0.4 is 0 Å². The number of likely N-dealkylation sites (tertiary alicyclic amines) is 1. The SMILES string of the molecule is COC(=O)C[C@H]1CN(C(=O)[C@@H]2CCCN2C(=O)c2ccco2)CCO1. The van der Waals surface area contributed by atoms with Gasteiger partial charge in [-0.3, -0.25) is 14.4 Å². The number of carbonyl (C=O) groups is 3. The number of ether oxygens (including phenoxy) is 2. The first-order valence-electron chi connectivity index (χ1n) is 8.42. The first-order chi connectivity index (χ1) is 12.1. The van der Waals surface area contributed by atoms with Crippen LogP contribution in [-0.2, 0) is 19.1 Å². The summed E-state index contributed by atoms with van der Waals surface area (Å²) in [5.41, 5.74) is 0. The first-order valence-corrected chi connectivity index (χ1v) is 8.42. The highest BCUT2D eigenvalue weighted by molar-refractivity contribution is 5.96. The minimum Gasteiger partial charge on any atom is -0.469 e. The predicted octanol–water partition coefficient (Wildman–Crippen LogP) is 0.675. The molecular formula is C17H22N2O6. The molecule has 136 valence electrons. The summed E-state index contributed by atoms with van der Waals surface area (Å²) in [4.78, 5) is 40.1. The lowest BCUT2D eigenvalue weighted by Crippen LogP contribution is -2.53. The Bertz CT molecular complexity index is 629. The van der Waals surface area contributed by atoms with Crippen molar-refractivity contribution in [1.29, 1.82) is 0 Å². The van der Waals surface area contributed by atoms with Crippen LogP contribution in [0.3, 0.4) is 0 Å². The summed E-state index contributed by atoms with van der Waals surface area (Å²) in [6.07, 6.45) is 2.59. The van der Waals surface area contributed by atoms with Gasteiger partial charge in [-0.05, 0) is 25.0 Å². The van der Waals surface area contributed by atoms with Crippen LogP contribution in [0.1, 0.15) is 29.8 Å². The van der Waals surface area contributed by atoms with Crippen molar-refractivity contribution in [2.45, 2.75) is 31.4 Å². The maximum Gasteiger partial charge on any atom is 0.308 e. The molecule has 2 atom stereocenters. The van der Waals surface area contributed by atoms with E-state index in [0.717, 1.165) is 6.42 Å². The molecule has 25 heavy (non-hydrogen) atoms. The van der Waals surface area contributed by atoms with Gasteiger partial charge in [-0.15, -0.1) is 0 Å². The standard InChI is InChI=1S/C17H22N2O6/c1-23-15(20)10-12-11-18(7-9-24-12)16(21)13-4-2-6-19(13)17(22)14-5-3-8-25-14/h3,5,8,12-13H,2,4,6-7,9-11H2,1H3/t12-,13-/m0/s1. The molecule has 0 N–H and O–H groups in total. The molecule has 0 unspecified atom stereocenters. The molecule has 2 fully saturated rings. The molecule has 8 heteroatoms. The van der Waals surface area contributed by atoms with Crippen molar-refractivity contribution in [3.8, 4) is 0 Å². The highest BCUT2D eigenvalue weighted by Crippen LogP contribution is 2.23.